The molecule has 2 rings (SSSR count). The van der Waals surface area contributed by atoms with E-state index >= 15 is 0 Å². The van der Waals surface area contributed by atoms with Crippen molar-refractivity contribution in [3.05, 3.63) is 52.9 Å². The van der Waals surface area contributed by atoms with Crippen molar-refractivity contribution in [3.63, 3.8) is 0 Å². The average molecular weight is 202 g/mol. The average Bonchev–Trinajstić information content (AvgIpc) is 2.29. The Morgan fingerprint density at radius 2 is 1.80 bits per heavy atom. The van der Waals surface area contributed by atoms with Gasteiger partial charge in [0.2, 0.25) is 0 Å². The van der Waals surface area contributed by atoms with Crippen molar-refractivity contribution < 1.29 is 9.15 Å². The predicted molar refractivity (Wildman–Crippen MR) is 57.0 cm³/mol. The van der Waals surface area contributed by atoms with Crippen LogP contribution in [0.15, 0.2) is 51.7 Å². The van der Waals surface area contributed by atoms with Crippen LogP contribution in [0.3, 0.4) is 0 Å². The monoisotopic (exact) mass is 202 g/mol. The Morgan fingerprint density at radius 1 is 1.07 bits per heavy atom. The maximum absolute atomic E-state index is 11.0. The molecule has 0 atom stereocenters. The molecular weight excluding hydrogens is 192 g/mol. The maximum atomic E-state index is 11.0. The van der Waals surface area contributed by atoms with Gasteiger partial charge in [0.25, 0.3) is 0 Å². The van der Waals surface area contributed by atoms with E-state index in [9.17, 15) is 4.79 Å². The zero-order valence-corrected chi connectivity index (χ0v) is 8.27. The van der Waals surface area contributed by atoms with Crippen molar-refractivity contribution in [3.8, 4) is 17.1 Å². The SMILES string of the molecule is COc1ccc(-c2cccc(=O)o2)cc1. The van der Waals surface area contributed by atoms with Gasteiger partial charge in [-0.3, -0.25) is 0 Å². The summed E-state index contributed by atoms with van der Waals surface area (Å²) in [5, 5.41) is 0. The van der Waals surface area contributed by atoms with E-state index in [0.29, 0.717) is 5.76 Å². The van der Waals surface area contributed by atoms with Crippen LogP contribution in [0.5, 0.6) is 5.75 Å². The van der Waals surface area contributed by atoms with Gasteiger partial charge >= 0.3 is 5.63 Å². The molecule has 3 heteroatoms. The molecule has 15 heavy (non-hydrogen) atoms. The molecule has 0 aliphatic rings. The largest absolute Gasteiger partial charge is 0.497 e. The third kappa shape index (κ3) is 2.07. The van der Waals surface area contributed by atoms with Crippen LogP contribution in [0.1, 0.15) is 0 Å². The topological polar surface area (TPSA) is 39.4 Å². The molecular formula is C12H10O3. The lowest BCUT2D eigenvalue weighted by Crippen LogP contribution is -1.95. The lowest BCUT2D eigenvalue weighted by Gasteiger charge is -2.01. The zero-order chi connectivity index (χ0) is 10.7. The summed E-state index contributed by atoms with van der Waals surface area (Å²) in [5.41, 5.74) is 0.511. The van der Waals surface area contributed by atoms with E-state index in [4.69, 9.17) is 9.15 Å². The molecule has 0 unspecified atom stereocenters. The van der Waals surface area contributed by atoms with Crippen molar-refractivity contribution in [1.29, 1.82) is 0 Å². The Bertz CT molecular complexity index is 497. The highest BCUT2D eigenvalue weighted by molar-refractivity contribution is 5.57. The molecule has 0 fully saturated rings. The Kier molecular flexibility index (Phi) is 2.54. The van der Waals surface area contributed by atoms with Crippen molar-refractivity contribution in [2.75, 3.05) is 7.11 Å². The lowest BCUT2D eigenvalue weighted by atomic mass is 10.1. The fourth-order valence-corrected chi connectivity index (χ4v) is 1.30. The summed E-state index contributed by atoms with van der Waals surface area (Å²) >= 11 is 0. The quantitative estimate of drug-likeness (QED) is 0.750. The molecule has 0 radical (unpaired) electrons. The number of benzene rings is 1. The van der Waals surface area contributed by atoms with Gasteiger partial charge in [-0.25, -0.2) is 4.79 Å². The lowest BCUT2D eigenvalue weighted by molar-refractivity contribution is 0.415. The van der Waals surface area contributed by atoms with E-state index in [0.717, 1.165) is 11.3 Å². The van der Waals surface area contributed by atoms with Crippen molar-refractivity contribution in [2.24, 2.45) is 0 Å². The summed E-state index contributed by atoms with van der Waals surface area (Å²) < 4.78 is 10.1. The Hall–Kier alpha value is -2.03. The summed E-state index contributed by atoms with van der Waals surface area (Å²) in [6, 6.07) is 12.1. The summed E-state index contributed by atoms with van der Waals surface area (Å²) in [6.07, 6.45) is 0. The first-order valence-corrected chi connectivity index (χ1v) is 4.54. The summed E-state index contributed by atoms with van der Waals surface area (Å²) in [6.45, 7) is 0. The zero-order valence-electron chi connectivity index (χ0n) is 8.27. The minimum atomic E-state index is -0.344. The van der Waals surface area contributed by atoms with E-state index in [2.05, 4.69) is 0 Å². The molecule has 0 saturated heterocycles. The van der Waals surface area contributed by atoms with Gasteiger partial charge in [0.1, 0.15) is 11.5 Å². The van der Waals surface area contributed by atoms with E-state index < -0.39 is 0 Å². The van der Waals surface area contributed by atoms with Gasteiger partial charge in [-0.05, 0) is 30.3 Å². The van der Waals surface area contributed by atoms with Crippen molar-refractivity contribution in [2.45, 2.75) is 0 Å². The second kappa shape index (κ2) is 4.00. The minimum absolute atomic E-state index is 0.344. The highest BCUT2D eigenvalue weighted by Crippen LogP contribution is 2.20. The number of ether oxygens (including phenoxy) is 1. The maximum Gasteiger partial charge on any atom is 0.336 e. The predicted octanol–water partition coefficient (Wildman–Crippen LogP) is 2.32. The molecule has 1 aromatic carbocycles. The van der Waals surface area contributed by atoms with Gasteiger partial charge in [0, 0.05) is 11.6 Å². The molecule has 0 spiro atoms. The van der Waals surface area contributed by atoms with E-state index in [1.807, 2.05) is 24.3 Å². The molecule has 76 valence electrons. The first-order chi connectivity index (χ1) is 7.29. The van der Waals surface area contributed by atoms with Gasteiger partial charge in [0.05, 0.1) is 7.11 Å². The molecule has 0 N–H and O–H groups in total. The molecule has 0 aliphatic heterocycles. The van der Waals surface area contributed by atoms with Crippen LogP contribution in [-0.2, 0) is 0 Å². The molecule has 0 amide bonds. The Labute approximate surface area is 86.9 Å². The minimum Gasteiger partial charge on any atom is -0.497 e. The van der Waals surface area contributed by atoms with E-state index in [-0.39, 0.29) is 5.63 Å². The number of rotatable bonds is 2. The summed E-state index contributed by atoms with van der Waals surface area (Å²) in [4.78, 5) is 11.0. The third-order valence-electron chi connectivity index (χ3n) is 2.06. The van der Waals surface area contributed by atoms with E-state index in [1.165, 1.54) is 6.07 Å². The van der Waals surface area contributed by atoms with Crippen LogP contribution in [0.2, 0.25) is 0 Å². The summed E-state index contributed by atoms with van der Waals surface area (Å²) in [5.74, 6) is 1.34. The molecule has 1 aromatic heterocycles. The highest BCUT2D eigenvalue weighted by Gasteiger charge is 2.00. The van der Waals surface area contributed by atoms with Crippen LogP contribution < -0.4 is 10.4 Å². The second-order valence-electron chi connectivity index (χ2n) is 3.04. The fraction of sp³-hybridized carbons (Fsp3) is 0.0833. The first-order valence-electron chi connectivity index (χ1n) is 4.54. The molecule has 2 aromatic rings. The van der Waals surface area contributed by atoms with Gasteiger partial charge < -0.3 is 9.15 Å². The van der Waals surface area contributed by atoms with E-state index in [1.54, 1.807) is 19.2 Å². The van der Waals surface area contributed by atoms with Crippen LogP contribution in [-0.4, -0.2) is 7.11 Å². The Balaban J connectivity index is 2.41. The highest BCUT2D eigenvalue weighted by atomic mass is 16.5. The number of methoxy groups -OCH3 is 1. The normalized spacial score (nSPS) is 9.93. The molecule has 0 aliphatic carbocycles. The van der Waals surface area contributed by atoms with Crippen LogP contribution >= 0.6 is 0 Å². The third-order valence-corrected chi connectivity index (χ3v) is 2.06. The molecule has 0 bridgehead atoms. The van der Waals surface area contributed by atoms with Gasteiger partial charge in [-0.15, -0.1) is 0 Å². The second-order valence-corrected chi connectivity index (χ2v) is 3.04. The molecule has 0 saturated carbocycles. The van der Waals surface area contributed by atoms with Crippen molar-refractivity contribution >= 4 is 0 Å². The molecule has 1 heterocycles. The van der Waals surface area contributed by atoms with Crippen molar-refractivity contribution in [1.82, 2.24) is 0 Å². The van der Waals surface area contributed by atoms with Crippen LogP contribution in [0, 0.1) is 0 Å². The van der Waals surface area contributed by atoms with Crippen LogP contribution in [0.25, 0.3) is 11.3 Å². The first kappa shape index (κ1) is 9.52. The van der Waals surface area contributed by atoms with Gasteiger partial charge in [0.15, 0.2) is 0 Å². The standard InChI is InChI=1S/C12H10O3/c1-14-10-7-5-9(6-8-10)11-3-2-4-12(13)15-11/h2-8H,1H3. The fourth-order valence-electron chi connectivity index (χ4n) is 1.30. The van der Waals surface area contributed by atoms with Crippen LogP contribution in [0.4, 0.5) is 0 Å². The Morgan fingerprint density at radius 3 is 2.40 bits per heavy atom. The van der Waals surface area contributed by atoms with Gasteiger partial charge in [-0.2, -0.15) is 0 Å². The van der Waals surface area contributed by atoms with Gasteiger partial charge in [-0.1, -0.05) is 6.07 Å². The molecule has 3 nitrogen and oxygen atoms in total. The number of hydrogen-bond acceptors (Lipinski definition) is 3. The number of hydrogen-bond donors (Lipinski definition) is 0. The smallest absolute Gasteiger partial charge is 0.336 e. The summed E-state index contributed by atoms with van der Waals surface area (Å²) in [7, 11) is 1.61.